The summed E-state index contributed by atoms with van der Waals surface area (Å²) in [5.41, 5.74) is 0.304. The van der Waals surface area contributed by atoms with E-state index in [2.05, 4.69) is 20.3 Å². The number of anilines is 2. The summed E-state index contributed by atoms with van der Waals surface area (Å²) in [6.07, 6.45) is -0.944. The second-order valence-corrected chi connectivity index (χ2v) is 9.74. The molecule has 3 heterocycles. The number of aromatic nitrogens is 4. The highest BCUT2D eigenvalue weighted by Gasteiger charge is 2.31. The number of nitrogens with zero attached hydrogens (tertiary/aromatic N) is 5. The first-order chi connectivity index (χ1) is 17.8. The van der Waals surface area contributed by atoms with Crippen LogP contribution in [0, 0.1) is 0 Å². The predicted molar refractivity (Wildman–Crippen MR) is 136 cm³/mol. The van der Waals surface area contributed by atoms with Gasteiger partial charge in [-0.25, -0.2) is 19.7 Å². The molecular formula is C25H24ClF3N6O3. The molecule has 2 N–H and O–H groups in total. The topological polar surface area (TPSA) is 105 Å². The van der Waals surface area contributed by atoms with Gasteiger partial charge in [0.05, 0.1) is 23.0 Å². The van der Waals surface area contributed by atoms with Crippen molar-refractivity contribution in [1.82, 2.24) is 24.4 Å². The molecule has 0 aliphatic rings. The lowest BCUT2D eigenvalue weighted by atomic mass is 10.1. The van der Waals surface area contributed by atoms with Crippen LogP contribution in [0.5, 0.6) is 11.6 Å². The van der Waals surface area contributed by atoms with Gasteiger partial charge in [-0.05, 0) is 51.1 Å². The Morgan fingerprint density at radius 2 is 1.92 bits per heavy atom. The van der Waals surface area contributed by atoms with Crippen LogP contribution in [-0.4, -0.2) is 47.7 Å². The molecule has 1 aromatic carbocycles. The largest absolute Gasteiger partial charge is 0.465 e. The van der Waals surface area contributed by atoms with E-state index in [-0.39, 0.29) is 23.2 Å². The van der Waals surface area contributed by atoms with Gasteiger partial charge in [0, 0.05) is 24.8 Å². The van der Waals surface area contributed by atoms with Gasteiger partial charge < -0.3 is 24.6 Å². The van der Waals surface area contributed by atoms with Crippen LogP contribution in [0.2, 0.25) is 5.02 Å². The fourth-order valence-electron chi connectivity index (χ4n) is 3.79. The van der Waals surface area contributed by atoms with Crippen molar-refractivity contribution in [3.63, 3.8) is 0 Å². The molecule has 0 fully saturated rings. The molecule has 9 nitrogen and oxygen atoms in total. The van der Waals surface area contributed by atoms with Crippen molar-refractivity contribution in [2.24, 2.45) is 0 Å². The summed E-state index contributed by atoms with van der Waals surface area (Å²) in [5.74, 6) is 0.307. The maximum absolute atomic E-state index is 13.0. The van der Waals surface area contributed by atoms with Crippen molar-refractivity contribution < 1.29 is 27.8 Å². The maximum atomic E-state index is 13.0. The minimum absolute atomic E-state index is 0.0593. The minimum Gasteiger partial charge on any atom is -0.465 e. The molecule has 0 aliphatic carbocycles. The standard InChI is InChI=1S/C25H24ClF3N6O3/c1-24(2,3)35(23(36)37)10-9-34-8-7-19-20(34)21(32-14-31-19)33-16-12-18(26)22(30-13-16)38-17-6-4-5-15(11-17)25(27,28)29/h4-8,11-14H,9-10H2,1-3H3,(H,36,37)(H,31,32,33). The van der Waals surface area contributed by atoms with Gasteiger partial charge in [0.2, 0.25) is 5.88 Å². The lowest BCUT2D eigenvalue weighted by Crippen LogP contribution is -2.46. The summed E-state index contributed by atoms with van der Waals surface area (Å²) in [6, 6.07) is 7.70. The number of pyridine rings is 1. The zero-order chi connectivity index (χ0) is 27.7. The summed E-state index contributed by atoms with van der Waals surface area (Å²) in [7, 11) is 0. The molecule has 0 bridgehead atoms. The number of fused-ring (bicyclic) bond motifs is 1. The molecule has 38 heavy (non-hydrogen) atoms. The van der Waals surface area contributed by atoms with Crippen LogP contribution in [-0.2, 0) is 12.7 Å². The number of alkyl halides is 3. The Bertz CT molecular complexity index is 1470. The number of benzene rings is 1. The van der Waals surface area contributed by atoms with Crippen molar-refractivity contribution in [1.29, 1.82) is 0 Å². The van der Waals surface area contributed by atoms with Crippen LogP contribution in [0.3, 0.4) is 0 Å². The molecule has 3 aromatic heterocycles. The Labute approximate surface area is 220 Å². The molecule has 1 amide bonds. The molecular weight excluding hydrogens is 525 g/mol. The van der Waals surface area contributed by atoms with E-state index in [0.717, 1.165) is 12.1 Å². The molecule has 4 aromatic rings. The number of halogens is 4. The number of rotatable bonds is 7. The third-order valence-electron chi connectivity index (χ3n) is 5.60. The average Bonchev–Trinajstić information content (AvgIpc) is 3.24. The van der Waals surface area contributed by atoms with E-state index in [1.54, 1.807) is 12.3 Å². The minimum atomic E-state index is -4.51. The summed E-state index contributed by atoms with van der Waals surface area (Å²) >= 11 is 6.31. The summed E-state index contributed by atoms with van der Waals surface area (Å²) < 4.78 is 46.3. The first-order valence-corrected chi connectivity index (χ1v) is 11.8. The first kappa shape index (κ1) is 27.0. The molecule has 200 valence electrons. The normalized spacial score (nSPS) is 12.0. The predicted octanol–water partition coefficient (Wildman–Crippen LogP) is 6.81. The van der Waals surface area contributed by atoms with Crippen molar-refractivity contribution in [2.75, 3.05) is 11.9 Å². The SMILES string of the molecule is CC(C)(C)N(CCn1ccc2ncnc(Nc3cnc(Oc4cccc(C(F)(F)F)c4)c(Cl)c3)c21)C(=O)O. The van der Waals surface area contributed by atoms with E-state index >= 15 is 0 Å². The molecule has 4 rings (SSSR count). The van der Waals surface area contributed by atoms with Gasteiger partial charge >= 0.3 is 12.3 Å². The highest BCUT2D eigenvalue weighted by molar-refractivity contribution is 6.32. The van der Waals surface area contributed by atoms with Crippen LogP contribution in [0.15, 0.2) is 55.1 Å². The molecule has 0 saturated heterocycles. The van der Waals surface area contributed by atoms with Gasteiger partial charge in [0.15, 0.2) is 5.82 Å². The summed E-state index contributed by atoms with van der Waals surface area (Å²) in [5, 5.41) is 12.8. The smallest absolute Gasteiger partial charge is 0.416 e. The van der Waals surface area contributed by atoms with Crippen molar-refractivity contribution in [2.45, 2.75) is 39.0 Å². The van der Waals surface area contributed by atoms with Crippen LogP contribution in [0.25, 0.3) is 11.0 Å². The first-order valence-electron chi connectivity index (χ1n) is 11.4. The molecule has 0 radical (unpaired) electrons. The Morgan fingerprint density at radius 3 is 2.58 bits per heavy atom. The third-order valence-corrected chi connectivity index (χ3v) is 5.87. The fraction of sp³-hybridized carbons (Fsp3) is 0.280. The van der Waals surface area contributed by atoms with Crippen molar-refractivity contribution >= 4 is 40.2 Å². The number of amides is 1. The Morgan fingerprint density at radius 1 is 1.16 bits per heavy atom. The summed E-state index contributed by atoms with van der Waals surface area (Å²) in [4.78, 5) is 25.8. The molecule has 0 spiro atoms. The zero-order valence-corrected chi connectivity index (χ0v) is 21.4. The van der Waals surface area contributed by atoms with Crippen LogP contribution >= 0.6 is 11.6 Å². The zero-order valence-electron chi connectivity index (χ0n) is 20.6. The van der Waals surface area contributed by atoms with E-state index in [0.29, 0.717) is 29.1 Å². The molecule has 0 atom stereocenters. The number of hydrogen-bond acceptors (Lipinski definition) is 6. The van der Waals surface area contributed by atoms with Crippen LogP contribution in [0.1, 0.15) is 26.3 Å². The van der Waals surface area contributed by atoms with Crippen LogP contribution < -0.4 is 10.1 Å². The van der Waals surface area contributed by atoms with E-state index in [4.69, 9.17) is 16.3 Å². The monoisotopic (exact) mass is 548 g/mol. The number of hydrogen-bond donors (Lipinski definition) is 2. The summed E-state index contributed by atoms with van der Waals surface area (Å²) in [6.45, 7) is 6.07. The number of nitrogens with one attached hydrogen (secondary N) is 1. The van der Waals surface area contributed by atoms with Crippen molar-refractivity contribution in [3.05, 3.63) is 65.7 Å². The van der Waals surface area contributed by atoms with E-state index < -0.39 is 23.4 Å². The highest BCUT2D eigenvalue weighted by atomic mass is 35.5. The molecule has 0 aliphatic heterocycles. The van der Waals surface area contributed by atoms with Crippen LogP contribution in [0.4, 0.5) is 29.5 Å². The fourth-order valence-corrected chi connectivity index (χ4v) is 3.99. The van der Waals surface area contributed by atoms with Gasteiger partial charge in [0.25, 0.3) is 0 Å². The van der Waals surface area contributed by atoms with Gasteiger partial charge in [-0.2, -0.15) is 13.2 Å². The van der Waals surface area contributed by atoms with Gasteiger partial charge in [-0.15, -0.1) is 0 Å². The Kier molecular flexibility index (Phi) is 7.36. The second kappa shape index (κ2) is 10.4. The lowest BCUT2D eigenvalue weighted by molar-refractivity contribution is -0.137. The quantitative estimate of drug-likeness (QED) is 0.261. The maximum Gasteiger partial charge on any atom is 0.416 e. The van der Waals surface area contributed by atoms with E-state index in [1.165, 1.54) is 35.6 Å². The van der Waals surface area contributed by atoms with Gasteiger partial charge in [0.1, 0.15) is 22.6 Å². The lowest BCUT2D eigenvalue weighted by Gasteiger charge is -2.33. The van der Waals surface area contributed by atoms with Gasteiger partial charge in [-0.3, -0.25) is 0 Å². The number of carbonyl (C=O) groups is 1. The average molecular weight is 549 g/mol. The van der Waals surface area contributed by atoms with E-state index in [1.807, 2.05) is 25.3 Å². The highest BCUT2D eigenvalue weighted by Crippen LogP contribution is 2.35. The molecule has 13 heteroatoms. The Hall–Kier alpha value is -4.06. The van der Waals surface area contributed by atoms with Crippen molar-refractivity contribution in [3.8, 4) is 11.6 Å². The van der Waals surface area contributed by atoms with E-state index in [9.17, 15) is 23.1 Å². The number of ether oxygens (including phenoxy) is 1. The second-order valence-electron chi connectivity index (χ2n) is 9.33. The number of carboxylic acid groups (broad SMARTS) is 1. The Balaban J connectivity index is 1.55. The molecule has 0 unspecified atom stereocenters. The third kappa shape index (κ3) is 6.08. The molecule has 0 saturated carbocycles. The van der Waals surface area contributed by atoms with Gasteiger partial charge in [-0.1, -0.05) is 17.7 Å².